The number of halogens is 3. The second-order valence-electron chi connectivity index (χ2n) is 5.32. The molecule has 0 saturated carbocycles. The molecule has 0 atom stereocenters. The van der Waals surface area contributed by atoms with E-state index in [1.807, 2.05) is 30.3 Å². The minimum atomic E-state index is -4.52. The van der Waals surface area contributed by atoms with Gasteiger partial charge in [0.25, 0.3) is 0 Å². The largest absolute Gasteiger partial charge is 0.421 e. The molecule has 2 heterocycles. The predicted molar refractivity (Wildman–Crippen MR) is 91.4 cm³/mol. The second-order valence-corrected chi connectivity index (χ2v) is 5.32. The van der Waals surface area contributed by atoms with Crippen molar-refractivity contribution in [3.63, 3.8) is 0 Å². The first-order valence-electron chi connectivity index (χ1n) is 7.69. The summed E-state index contributed by atoms with van der Waals surface area (Å²) < 4.78 is 38.7. The fourth-order valence-corrected chi connectivity index (χ4v) is 2.38. The van der Waals surface area contributed by atoms with Crippen LogP contribution in [0.5, 0.6) is 0 Å². The molecule has 0 aliphatic rings. The van der Waals surface area contributed by atoms with Gasteiger partial charge in [0.05, 0.1) is 5.69 Å². The molecular weight excluding hydrogens is 345 g/mol. The lowest BCUT2D eigenvalue weighted by Crippen LogP contribution is -2.13. The van der Waals surface area contributed by atoms with Crippen LogP contribution in [0.25, 0.3) is 11.3 Å². The molecule has 0 aliphatic heterocycles. The molecule has 3 rings (SSSR count). The van der Waals surface area contributed by atoms with E-state index in [0.717, 1.165) is 23.0 Å². The zero-order valence-electron chi connectivity index (χ0n) is 13.7. The van der Waals surface area contributed by atoms with Crippen LogP contribution in [-0.2, 0) is 12.7 Å². The molecule has 1 aromatic carbocycles. The van der Waals surface area contributed by atoms with E-state index < -0.39 is 11.7 Å². The number of benzene rings is 1. The summed E-state index contributed by atoms with van der Waals surface area (Å²) in [4.78, 5) is 15.9. The normalized spacial score (nSPS) is 11.2. The summed E-state index contributed by atoms with van der Waals surface area (Å²) in [7, 11) is 1.37. The van der Waals surface area contributed by atoms with Crippen molar-refractivity contribution in [2.75, 3.05) is 17.7 Å². The molecule has 0 amide bonds. The van der Waals surface area contributed by atoms with Gasteiger partial charge in [-0.2, -0.15) is 18.2 Å². The summed E-state index contributed by atoms with van der Waals surface area (Å²) in [5.74, 6) is -0.215. The Balaban J connectivity index is 1.82. The smallest absolute Gasteiger partial charge is 0.372 e. The quantitative estimate of drug-likeness (QED) is 0.724. The van der Waals surface area contributed by atoms with Gasteiger partial charge in [0.2, 0.25) is 5.95 Å². The lowest BCUT2D eigenvalue weighted by Gasteiger charge is -2.13. The molecule has 9 heteroatoms. The Hall–Kier alpha value is -3.23. The van der Waals surface area contributed by atoms with E-state index in [9.17, 15) is 13.2 Å². The first kappa shape index (κ1) is 17.6. The summed E-state index contributed by atoms with van der Waals surface area (Å²) in [5.41, 5.74) is 1.50. The first-order valence-corrected chi connectivity index (χ1v) is 7.69. The number of nitrogens with zero attached hydrogens (tertiary/aromatic N) is 4. The number of anilines is 2. The van der Waals surface area contributed by atoms with Crippen LogP contribution in [-0.4, -0.2) is 27.0 Å². The van der Waals surface area contributed by atoms with E-state index in [1.165, 1.54) is 13.4 Å². The Morgan fingerprint density at radius 2 is 1.81 bits per heavy atom. The van der Waals surface area contributed by atoms with Crippen LogP contribution in [0.1, 0.15) is 11.1 Å². The maximum Gasteiger partial charge on any atom is 0.421 e. The standard InChI is InChI=1S/C17H15F3N6/c1-21-15-13(17(18,19)20)9-24-16(26-15)23-8-12-7-22-10-25-14(12)11-5-3-2-4-6-11/h2-7,9-10H,8H2,1H3,(H2,21,23,24,26). The number of aromatic nitrogens is 4. The van der Waals surface area contributed by atoms with Crippen molar-refractivity contribution in [3.8, 4) is 11.3 Å². The van der Waals surface area contributed by atoms with Crippen molar-refractivity contribution in [3.05, 3.63) is 60.2 Å². The molecule has 0 fully saturated rings. The van der Waals surface area contributed by atoms with Crippen molar-refractivity contribution < 1.29 is 13.2 Å². The van der Waals surface area contributed by atoms with Crippen molar-refractivity contribution in [2.45, 2.75) is 12.7 Å². The molecule has 0 radical (unpaired) electrons. The zero-order chi connectivity index (χ0) is 18.6. The van der Waals surface area contributed by atoms with E-state index in [-0.39, 0.29) is 18.3 Å². The molecule has 0 aliphatic carbocycles. The average Bonchev–Trinajstić information content (AvgIpc) is 2.66. The first-order chi connectivity index (χ1) is 12.5. The Bertz CT molecular complexity index is 883. The topological polar surface area (TPSA) is 75.6 Å². The second kappa shape index (κ2) is 7.34. The van der Waals surface area contributed by atoms with Crippen LogP contribution in [0.15, 0.2) is 49.1 Å². The predicted octanol–water partition coefficient (Wildman–Crippen LogP) is 3.61. The molecule has 6 nitrogen and oxygen atoms in total. The summed E-state index contributed by atoms with van der Waals surface area (Å²) >= 11 is 0. The number of hydrogen-bond acceptors (Lipinski definition) is 6. The Morgan fingerprint density at radius 1 is 1.04 bits per heavy atom. The molecule has 0 unspecified atom stereocenters. The van der Waals surface area contributed by atoms with Gasteiger partial charge >= 0.3 is 6.18 Å². The summed E-state index contributed by atoms with van der Waals surface area (Å²) in [6.45, 7) is 0.263. The van der Waals surface area contributed by atoms with Crippen molar-refractivity contribution in [1.82, 2.24) is 19.9 Å². The van der Waals surface area contributed by atoms with E-state index in [2.05, 4.69) is 30.6 Å². The van der Waals surface area contributed by atoms with Crippen LogP contribution >= 0.6 is 0 Å². The highest BCUT2D eigenvalue weighted by atomic mass is 19.4. The Labute approximate surface area is 147 Å². The fourth-order valence-electron chi connectivity index (χ4n) is 2.38. The van der Waals surface area contributed by atoms with Gasteiger partial charge in [-0.25, -0.2) is 15.0 Å². The zero-order valence-corrected chi connectivity index (χ0v) is 13.7. The average molecular weight is 360 g/mol. The van der Waals surface area contributed by atoms with Gasteiger partial charge in [0.1, 0.15) is 17.7 Å². The van der Waals surface area contributed by atoms with E-state index in [0.29, 0.717) is 0 Å². The van der Waals surface area contributed by atoms with Gasteiger partial charge in [0.15, 0.2) is 0 Å². The molecule has 0 saturated heterocycles. The Kier molecular flexibility index (Phi) is 4.97. The molecule has 2 N–H and O–H groups in total. The lowest BCUT2D eigenvalue weighted by molar-refractivity contribution is -0.137. The molecule has 26 heavy (non-hydrogen) atoms. The SMILES string of the molecule is CNc1nc(NCc2cncnc2-c2ccccc2)ncc1C(F)(F)F. The van der Waals surface area contributed by atoms with Crippen LogP contribution in [0.2, 0.25) is 0 Å². The van der Waals surface area contributed by atoms with Gasteiger partial charge in [-0.15, -0.1) is 0 Å². The number of alkyl halides is 3. The number of rotatable bonds is 5. The molecule has 0 spiro atoms. The maximum absolute atomic E-state index is 12.9. The van der Waals surface area contributed by atoms with E-state index >= 15 is 0 Å². The highest BCUT2D eigenvalue weighted by Gasteiger charge is 2.35. The Morgan fingerprint density at radius 3 is 2.50 bits per heavy atom. The number of hydrogen-bond donors (Lipinski definition) is 2. The lowest BCUT2D eigenvalue weighted by atomic mass is 10.1. The number of nitrogens with one attached hydrogen (secondary N) is 2. The maximum atomic E-state index is 12.9. The third-order valence-corrected chi connectivity index (χ3v) is 3.60. The van der Waals surface area contributed by atoms with Gasteiger partial charge < -0.3 is 10.6 Å². The molecule has 3 aromatic rings. The summed E-state index contributed by atoms with van der Waals surface area (Å²) in [6.07, 6.45) is -0.684. The van der Waals surface area contributed by atoms with Gasteiger partial charge in [-0.3, -0.25) is 0 Å². The summed E-state index contributed by atoms with van der Waals surface area (Å²) in [5, 5.41) is 5.36. The van der Waals surface area contributed by atoms with E-state index in [1.54, 1.807) is 6.20 Å². The molecule has 134 valence electrons. The van der Waals surface area contributed by atoms with Crippen LogP contribution in [0.4, 0.5) is 24.9 Å². The third-order valence-electron chi connectivity index (χ3n) is 3.60. The van der Waals surface area contributed by atoms with Crippen molar-refractivity contribution in [2.24, 2.45) is 0 Å². The summed E-state index contributed by atoms with van der Waals surface area (Å²) in [6, 6.07) is 9.52. The van der Waals surface area contributed by atoms with Gasteiger partial charge in [-0.05, 0) is 0 Å². The third kappa shape index (κ3) is 3.88. The minimum absolute atomic E-state index is 0.0743. The van der Waals surface area contributed by atoms with Crippen molar-refractivity contribution >= 4 is 11.8 Å². The highest BCUT2D eigenvalue weighted by molar-refractivity contribution is 5.62. The van der Waals surface area contributed by atoms with Gasteiger partial charge in [0, 0.05) is 37.1 Å². The van der Waals surface area contributed by atoms with E-state index in [4.69, 9.17) is 0 Å². The van der Waals surface area contributed by atoms with Gasteiger partial charge in [-0.1, -0.05) is 30.3 Å². The fraction of sp³-hybridized carbons (Fsp3) is 0.176. The highest BCUT2D eigenvalue weighted by Crippen LogP contribution is 2.33. The monoisotopic (exact) mass is 360 g/mol. The molecular formula is C17H15F3N6. The van der Waals surface area contributed by atoms with Crippen molar-refractivity contribution in [1.29, 1.82) is 0 Å². The van der Waals surface area contributed by atoms with Crippen LogP contribution in [0.3, 0.4) is 0 Å². The van der Waals surface area contributed by atoms with Crippen LogP contribution in [0, 0.1) is 0 Å². The molecule has 0 bridgehead atoms. The van der Waals surface area contributed by atoms with Crippen LogP contribution < -0.4 is 10.6 Å². The minimum Gasteiger partial charge on any atom is -0.372 e. The molecule has 2 aromatic heterocycles.